The molecule has 0 aromatic heterocycles. The molecular weight excluding hydrogens is 190 g/mol. The summed E-state index contributed by atoms with van der Waals surface area (Å²) in [7, 11) is 0. The predicted molar refractivity (Wildman–Crippen MR) is 66.1 cm³/mol. The van der Waals surface area contributed by atoms with Crippen molar-refractivity contribution in [3.63, 3.8) is 0 Å². The van der Waals surface area contributed by atoms with Gasteiger partial charge in [-0.05, 0) is 19.4 Å². The van der Waals surface area contributed by atoms with Crippen molar-refractivity contribution in [1.29, 1.82) is 0 Å². The van der Waals surface area contributed by atoms with Crippen molar-refractivity contribution in [2.75, 3.05) is 12.8 Å². The number of nitrogens with zero attached hydrogens (tertiary/aromatic N) is 1. The zero-order chi connectivity index (χ0) is 10.6. The molecule has 14 heavy (non-hydrogen) atoms. The smallest absolute Gasteiger partial charge is 0.0472 e. The number of benzene rings is 1. The lowest BCUT2D eigenvalue weighted by Gasteiger charge is -2.23. The molecule has 0 amide bonds. The quantitative estimate of drug-likeness (QED) is 0.694. The van der Waals surface area contributed by atoms with Gasteiger partial charge in [-0.25, -0.2) is 0 Å². The van der Waals surface area contributed by atoms with Crippen molar-refractivity contribution >= 4 is 17.6 Å². The standard InChI is InChI=1S/C12H17NS/c1-5-13(14-4)11(3)12-9-7-6-8-10(12)2/h6-9H,3,5H2,1-2,4H3. The molecule has 0 aliphatic heterocycles. The number of rotatable bonds is 4. The van der Waals surface area contributed by atoms with Gasteiger partial charge in [-0.3, -0.25) is 0 Å². The maximum Gasteiger partial charge on any atom is 0.0472 e. The minimum atomic E-state index is 0.980. The van der Waals surface area contributed by atoms with Crippen LogP contribution in [0.5, 0.6) is 0 Å². The van der Waals surface area contributed by atoms with Gasteiger partial charge in [0.25, 0.3) is 0 Å². The van der Waals surface area contributed by atoms with Gasteiger partial charge in [0, 0.05) is 24.1 Å². The third kappa shape index (κ3) is 2.32. The predicted octanol–water partition coefficient (Wildman–Crippen LogP) is 3.57. The van der Waals surface area contributed by atoms with Crippen molar-refractivity contribution in [2.24, 2.45) is 0 Å². The Hall–Kier alpha value is -0.890. The molecule has 76 valence electrons. The van der Waals surface area contributed by atoms with E-state index in [1.807, 2.05) is 0 Å². The summed E-state index contributed by atoms with van der Waals surface area (Å²) < 4.78 is 2.20. The Morgan fingerprint density at radius 3 is 2.57 bits per heavy atom. The van der Waals surface area contributed by atoms with Crippen LogP contribution in [-0.2, 0) is 0 Å². The van der Waals surface area contributed by atoms with Crippen LogP contribution in [0.1, 0.15) is 18.1 Å². The summed E-state index contributed by atoms with van der Waals surface area (Å²) in [6, 6.07) is 8.36. The molecule has 0 spiro atoms. The van der Waals surface area contributed by atoms with Crippen molar-refractivity contribution in [1.82, 2.24) is 4.31 Å². The van der Waals surface area contributed by atoms with Gasteiger partial charge in [0.1, 0.15) is 0 Å². The van der Waals surface area contributed by atoms with Crippen LogP contribution in [0.4, 0.5) is 0 Å². The van der Waals surface area contributed by atoms with Crippen LogP contribution >= 0.6 is 11.9 Å². The Kier molecular flexibility index (Phi) is 4.08. The van der Waals surface area contributed by atoms with Gasteiger partial charge in [-0.2, -0.15) is 0 Å². The van der Waals surface area contributed by atoms with Crippen LogP contribution in [0.2, 0.25) is 0 Å². The van der Waals surface area contributed by atoms with E-state index in [9.17, 15) is 0 Å². The Bertz CT molecular complexity index is 316. The van der Waals surface area contributed by atoms with Crippen LogP contribution in [-0.4, -0.2) is 17.1 Å². The first kappa shape index (κ1) is 11.2. The first-order valence-corrected chi connectivity index (χ1v) is 5.95. The molecule has 0 bridgehead atoms. The molecule has 0 aliphatic rings. The average Bonchev–Trinajstić information content (AvgIpc) is 2.20. The molecular formula is C12H17NS. The van der Waals surface area contributed by atoms with E-state index in [0.717, 1.165) is 12.2 Å². The van der Waals surface area contributed by atoms with Gasteiger partial charge >= 0.3 is 0 Å². The van der Waals surface area contributed by atoms with Crippen LogP contribution in [0, 0.1) is 6.92 Å². The summed E-state index contributed by atoms with van der Waals surface area (Å²) in [6.45, 7) is 9.37. The molecule has 0 fully saturated rings. The highest BCUT2D eigenvalue weighted by Crippen LogP contribution is 2.24. The lowest BCUT2D eigenvalue weighted by molar-refractivity contribution is 0.689. The summed E-state index contributed by atoms with van der Waals surface area (Å²) >= 11 is 1.72. The summed E-state index contributed by atoms with van der Waals surface area (Å²) in [6.07, 6.45) is 2.08. The number of hydrogen-bond acceptors (Lipinski definition) is 2. The van der Waals surface area contributed by atoms with Crippen LogP contribution in [0.3, 0.4) is 0 Å². The topological polar surface area (TPSA) is 3.24 Å². The lowest BCUT2D eigenvalue weighted by Crippen LogP contribution is -2.12. The molecule has 0 radical (unpaired) electrons. The molecule has 1 nitrogen and oxygen atoms in total. The van der Waals surface area contributed by atoms with E-state index < -0.39 is 0 Å². The van der Waals surface area contributed by atoms with E-state index in [0.29, 0.717) is 0 Å². The molecule has 1 aromatic carbocycles. The van der Waals surface area contributed by atoms with Crippen molar-refractivity contribution < 1.29 is 0 Å². The molecule has 2 heteroatoms. The Morgan fingerprint density at radius 1 is 1.43 bits per heavy atom. The van der Waals surface area contributed by atoms with E-state index in [-0.39, 0.29) is 0 Å². The number of hydrogen-bond donors (Lipinski definition) is 0. The second-order valence-electron chi connectivity index (χ2n) is 3.14. The highest BCUT2D eigenvalue weighted by atomic mass is 32.2. The molecule has 0 unspecified atom stereocenters. The molecule has 0 saturated heterocycles. The largest absolute Gasteiger partial charge is 0.317 e. The molecule has 0 aliphatic carbocycles. The fraction of sp³-hybridized carbons (Fsp3) is 0.333. The summed E-state index contributed by atoms with van der Waals surface area (Å²) in [4.78, 5) is 0. The van der Waals surface area contributed by atoms with E-state index in [4.69, 9.17) is 0 Å². The molecule has 0 saturated carbocycles. The first-order chi connectivity index (χ1) is 6.70. The fourth-order valence-electron chi connectivity index (χ4n) is 1.46. The third-order valence-electron chi connectivity index (χ3n) is 2.26. The highest BCUT2D eigenvalue weighted by Gasteiger charge is 2.07. The van der Waals surface area contributed by atoms with Crippen LogP contribution < -0.4 is 0 Å². The maximum absolute atomic E-state index is 4.13. The van der Waals surface area contributed by atoms with Gasteiger partial charge in [0.05, 0.1) is 0 Å². The molecule has 1 aromatic rings. The zero-order valence-electron chi connectivity index (χ0n) is 9.08. The minimum Gasteiger partial charge on any atom is -0.317 e. The zero-order valence-corrected chi connectivity index (χ0v) is 9.90. The van der Waals surface area contributed by atoms with Gasteiger partial charge in [-0.1, -0.05) is 42.8 Å². The van der Waals surface area contributed by atoms with E-state index in [1.54, 1.807) is 11.9 Å². The van der Waals surface area contributed by atoms with E-state index in [1.165, 1.54) is 11.1 Å². The average molecular weight is 207 g/mol. The minimum absolute atomic E-state index is 0.980. The number of aryl methyl sites for hydroxylation is 1. The fourth-order valence-corrected chi connectivity index (χ4v) is 2.04. The Morgan fingerprint density at radius 2 is 2.07 bits per heavy atom. The lowest BCUT2D eigenvalue weighted by atomic mass is 10.1. The van der Waals surface area contributed by atoms with Crippen molar-refractivity contribution in [3.05, 3.63) is 42.0 Å². The summed E-state index contributed by atoms with van der Waals surface area (Å²) in [5.41, 5.74) is 3.62. The SMILES string of the molecule is C=C(c1ccccc1C)N(CC)SC. The van der Waals surface area contributed by atoms with E-state index in [2.05, 4.69) is 55.3 Å². The first-order valence-electron chi connectivity index (χ1n) is 4.77. The van der Waals surface area contributed by atoms with Crippen molar-refractivity contribution in [2.45, 2.75) is 13.8 Å². The summed E-state index contributed by atoms with van der Waals surface area (Å²) in [5.74, 6) is 0. The van der Waals surface area contributed by atoms with Gasteiger partial charge in [0.15, 0.2) is 0 Å². The van der Waals surface area contributed by atoms with Gasteiger partial charge in [-0.15, -0.1) is 0 Å². The Labute approximate surface area is 90.9 Å². The summed E-state index contributed by atoms with van der Waals surface area (Å²) in [5, 5.41) is 0. The second kappa shape index (κ2) is 5.11. The van der Waals surface area contributed by atoms with Crippen LogP contribution in [0.25, 0.3) is 5.70 Å². The molecule has 0 N–H and O–H groups in total. The normalized spacial score (nSPS) is 9.93. The van der Waals surface area contributed by atoms with Gasteiger partial charge < -0.3 is 4.31 Å². The van der Waals surface area contributed by atoms with E-state index >= 15 is 0 Å². The van der Waals surface area contributed by atoms with Crippen LogP contribution in [0.15, 0.2) is 30.8 Å². The second-order valence-corrected chi connectivity index (χ2v) is 3.94. The molecule has 1 rings (SSSR count). The maximum atomic E-state index is 4.13. The monoisotopic (exact) mass is 207 g/mol. The highest BCUT2D eigenvalue weighted by molar-refractivity contribution is 7.96. The molecule has 0 heterocycles. The van der Waals surface area contributed by atoms with Gasteiger partial charge in [0.2, 0.25) is 0 Å². The third-order valence-corrected chi connectivity index (χ3v) is 3.18. The Balaban J connectivity index is 2.94. The molecule has 0 atom stereocenters. The van der Waals surface area contributed by atoms with Crippen molar-refractivity contribution in [3.8, 4) is 0 Å².